The van der Waals surface area contributed by atoms with Crippen LogP contribution in [0.4, 0.5) is 4.79 Å². The first-order valence-corrected chi connectivity index (χ1v) is 10.8. The monoisotopic (exact) mass is 478 g/mol. The fourth-order valence-corrected chi connectivity index (χ4v) is 2.74. The van der Waals surface area contributed by atoms with Gasteiger partial charge in [0.2, 0.25) is 17.7 Å². The molecule has 2 atom stereocenters. The first-order valence-electron chi connectivity index (χ1n) is 10.8. The lowest BCUT2D eigenvalue weighted by Gasteiger charge is -2.26. The van der Waals surface area contributed by atoms with Crippen LogP contribution in [0, 0.1) is 5.92 Å². The topological polar surface area (TPSA) is 166 Å². The Labute approximate surface area is 199 Å². The lowest BCUT2D eigenvalue weighted by Crippen LogP contribution is -2.56. The molecule has 5 N–H and O–H groups in total. The summed E-state index contributed by atoms with van der Waals surface area (Å²) in [7, 11) is 0. The minimum absolute atomic E-state index is 0.00982. The molecule has 0 fully saturated rings. The molecule has 0 aliphatic rings. The van der Waals surface area contributed by atoms with Gasteiger partial charge in [0, 0.05) is 0 Å². The summed E-state index contributed by atoms with van der Waals surface area (Å²) in [5, 5.41) is 7.18. The largest absolute Gasteiger partial charge is 0.460 e. The predicted octanol–water partition coefficient (Wildman–Crippen LogP) is 0.756. The minimum Gasteiger partial charge on any atom is -0.460 e. The summed E-state index contributed by atoms with van der Waals surface area (Å²) in [5.74, 6) is -3.41. The van der Waals surface area contributed by atoms with Gasteiger partial charge in [0.15, 0.2) is 0 Å². The molecule has 0 bridgehead atoms. The number of benzene rings is 1. The molecular formula is C23H34N4O7. The van der Waals surface area contributed by atoms with Crippen molar-refractivity contribution in [2.24, 2.45) is 11.7 Å². The number of rotatable bonds is 11. The molecule has 11 nitrogen and oxygen atoms in total. The van der Waals surface area contributed by atoms with Gasteiger partial charge in [-0.25, -0.2) is 4.79 Å². The third-order valence-corrected chi connectivity index (χ3v) is 4.30. The number of amides is 4. The van der Waals surface area contributed by atoms with Crippen molar-refractivity contribution in [3.8, 4) is 0 Å². The second-order valence-corrected chi connectivity index (χ2v) is 8.96. The number of ether oxygens (including phenoxy) is 2. The molecular weight excluding hydrogens is 444 g/mol. The van der Waals surface area contributed by atoms with E-state index < -0.39 is 60.4 Å². The molecule has 1 aromatic rings. The van der Waals surface area contributed by atoms with Gasteiger partial charge < -0.3 is 31.2 Å². The summed E-state index contributed by atoms with van der Waals surface area (Å²) >= 11 is 0. The molecule has 11 heteroatoms. The van der Waals surface area contributed by atoms with Crippen molar-refractivity contribution >= 4 is 29.8 Å². The van der Waals surface area contributed by atoms with E-state index in [1.54, 1.807) is 58.9 Å². The lowest BCUT2D eigenvalue weighted by atomic mass is 10.0. The van der Waals surface area contributed by atoms with Gasteiger partial charge in [-0.1, -0.05) is 44.2 Å². The first kappa shape index (κ1) is 28.4. The van der Waals surface area contributed by atoms with Gasteiger partial charge in [-0.05, 0) is 32.3 Å². The van der Waals surface area contributed by atoms with Crippen LogP contribution in [0.5, 0.6) is 0 Å². The van der Waals surface area contributed by atoms with Crippen LogP contribution in [-0.4, -0.2) is 54.0 Å². The molecule has 0 aromatic heterocycles. The molecule has 0 aliphatic heterocycles. The van der Waals surface area contributed by atoms with Gasteiger partial charge in [0.25, 0.3) is 0 Å². The SMILES string of the molecule is CC(C)[C@H](NC(=O)OCc1ccccc1)C(=O)N[C@@H](CC(=O)OC(C)(C)C)C(=O)NCC(N)=O. The first-order chi connectivity index (χ1) is 15.8. The molecule has 188 valence electrons. The molecule has 1 aromatic carbocycles. The zero-order valence-electron chi connectivity index (χ0n) is 20.2. The van der Waals surface area contributed by atoms with Crippen molar-refractivity contribution in [2.45, 2.75) is 65.3 Å². The highest BCUT2D eigenvalue weighted by molar-refractivity contribution is 5.94. The summed E-state index contributed by atoms with van der Waals surface area (Å²) in [4.78, 5) is 60.9. The van der Waals surface area contributed by atoms with Crippen molar-refractivity contribution in [3.05, 3.63) is 35.9 Å². The number of carbonyl (C=O) groups excluding carboxylic acids is 5. The summed E-state index contributed by atoms with van der Waals surface area (Å²) in [6, 6.07) is 6.58. The molecule has 0 heterocycles. The van der Waals surface area contributed by atoms with Crippen LogP contribution in [0.25, 0.3) is 0 Å². The third kappa shape index (κ3) is 11.3. The maximum absolute atomic E-state index is 12.9. The molecule has 0 aliphatic carbocycles. The molecule has 1 rings (SSSR count). The van der Waals surface area contributed by atoms with Crippen molar-refractivity contribution < 1.29 is 33.4 Å². The number of esters is 1. The number of alkyl carbamates (subject to hydrolysis) is 1. The van der Waals surface area contributed by atoms with Crippen LogP contribution in [0.3, 0.4) is 0 Å². The normalized spacial score (nSPS) is 12.8. The standard InChI is InChI=1S/C23H34N4O7/c1-14(2)19(27-22(32)33-13-15-9-7-6-8-10-15)21(31)26-16(20(30)25-12-17(24)28)11-18(29)34-23(3,4)5/h6-10,14,16,19H,11-13H2,1-5H3,(H2,24,28)(H,25,30)(H,26,31)(H,27,32)/t16-,19-/m0/s1. The van der Waals surface area contributed by atoms with Gasteiger partial charge in [-0.2, -0.15) is 0 Å². The maximum atomic E-state index is 12.9. The smallest absolute Gasteiger partial charge is 0.408 e. The maximum Gasteiger partial charge on any atom is 0.408 e. The van der Waals surface area contributed by atoms with Crippen molar-refractivity contribution in [2.75, 3.05) is 6.54 Å². The number of hydrogen-bond acceptors (Lipinski definition) is 7. The molecule has 4 amide bonds. The Hall–Kier alpha value is -3.63. The number of nitrogens with two attached hydrogens (primary N) is 1. The minimum atomic E-state index is -1.36. The van der Waals surface area contributed by atoms with Crippen LogP contribution < -0.4 is 21.7 Å². The van der Waals surface area contributed by atoms with E-state index in [0.717, 1.165) is 5.56 Å². The van der Waals surface area contributed by atoms with E-state index in [0.29, 0.717) is 0 Å². The van der Waals surface area contributed by atoms with Gasteiger partial charge in [0.05, 0.1) is 13.0 Å². The van der Waals surface area contributed by atoms with Gasteiger partial charge >= 0.3 is 12.1 Å². The van der Waals surface area contributed by atoms with Crippen LogP contribution in [-0.2, 0) is 35.3 Å². The average molecular weight is 479 g/mol. The van der Waals surface area contributed by atoms with Crippen molar-refractivity contribution in [1.29, 1.82) is 0 Å². The fraction of sp³-hybridized carbons (Fsp3) is 0.522. The summed E-state index contributed by atoms with van der Waals surface area (Å²) in [6.07, 6.45) is -1.31. The Balaban J connectivity index is 2.86. The predicted molar refractivity (Wildman–Crippen MR) is 123 cm³/mol. The number of hydrogen-bond donors (Lipinski definition) is 4. The van der Waals surface area contributed by atoms with E-state index in [4.69, 9.17) is 15.2 Å². The Bertz CT molecular complexity index is 866. The second kappa shape index (κ2) is 13.2. The Kier molecular flexibility index (Phi) is 11.0. The molecule has 0 unspecified atom stereocenters. The van der Waals surface area contributed by atoms with E-state index >= 15 is 0 Å². The Morgan fingerprint density at radius 2 is 1.59 bits per heavy atom. The summed E-state index contributed by atoms with van der Waals surface area (Å²) in [6.45, 7) is 7.89. The Morgan fingerprint density at radius 3 is 2.12 bits per heavy atom. The average Bonchev–Trinajstić information content (AvgIpc) is 2.72. The third-order valence-electron chi connectivity index (χ3n) is 4.30. The van der Waals surface area contributed by atoms with Gasteiger partial charge in [-0.3, -0.25) is 19.2 Å². The molecule has 0 saturated heterocycles. The molecule has 34 heavy (non-hydrogen) atoms. The number of primary amides is 1. The number of nitrogens with one attached hydrogen (secondary N) is 3. The second-order valence-electron chi connectivity index (χ2n) is 8.96. The van der Waals surface area contributed by atoms with Crippen LogP contribution in [0.2, 0.25) is 0 Å². The summed E-state index contributed by atoms with van der Waals surface area (Å²) in [5.41, 5.74) is 5.01. The van der Waals surface area contributed by atoms with Crippen molar-refractivity contribution in [1.82, 2.24) is 16.0 Å². The number of carbonyl (C=O) groups is 5. The van der Waals surface area contributed by atoms with E-state index in [2.05, 4.69) is 16.0 Å². The van der Waals surface area contributed by atoms with E-state index in [-0.39, 0.29) is 12.5 Å². The highest BCUT2D eigenvalue weighted by atomic mass is 16.6. The van der Waals surface area contributed by atoms with E-state index in [9.17, 15) is 24.0 Å². The van der Waals surface area contributed by atoms with Crippen LogP contribution in [0.1, 0.15) is 46.6 Å². The molecule has 0 saturated carbocycles. The van der Waals surface area contributed by atoms with Crippen LogP contribution >= 0.6 is 0 Å². The quantitative estimate of drug-likeness (QED) is 0.341. The van der Waals surface area contributed by atoms with Crippen molar-refractivity contribution in [3.63, 3.8) is 0 Å². The summed E-state index contributed by atoms with van der Waals surface area (Å²) < 4.78 is 10.4. The zero-order valence-corrected chi connectivity index (χ0v) is 20.2. The van der Waals surface area contributed by atoms with E-state index in [1.165, 1.54) is 0 Å². The fourth-order valence-electron chi connectivity index (χ4n) is 2.74. The van der Waals surface area contributed by atoms with Gasteiger partial charge in [-0.15, -0.1) is 0 Å². The highest BCUT2D eigenvalue weighted by Crippen LogP contribution is 2.11. The van der Waals surface area contributed by atoms with Gasteiger partial charge in [0.1, 0.15) is 24.3 Å². The molecule has 0 radical (unpaired) electrons. The van der Waals surface area contributed by atoms with Crippen LogP contribution in [0.15, 0.2) is 30.3 Å². The lowest BCUT2D eigenvalue weighted by molar-refractivity contribution is -0.156. The zero-order chi connectivity index (χ0) is 25.9. The highest BCUT2D eigenvalue weighted by Gasteiger charge is 2.31. The van der Waals surface area contributed by atoms with E-state index in [1.807, 2.05) is 6.07 Å². The molecule has 0 spiro atoms. The Morgan fingerprint density at radius 1 is 0.971 bits per heavy atom.